The number of carbonyl (C=O) groups excluding carboxylic acids is 1. The van der Waals surface area contributed by atoms with Gasteiger partial charge >= 0.3 is 0 Å². The van der Waals surface area contributed by atoms with Crippen LogP contribution in [0.3, 0.4) is 0 Å². The first-order valence-electron chi connectivity index (χ1n) is 7.82. The molecule has 4 rings (SSSR count). The van der Waals surface area contributed by atoms with Gasteiger partial charge in [0, 0.05) is 21.6 Å². The van der Waals surface area contributed by atoms with Gasteiger partial charge in [-0.15, -0.1) is 0 Å². The normalized spacial score (nSPS) is 10.9. The molecular weight excluding hydrogens is 348 g/mol. The molecule has 0 aliphatic heterocycles. The van der Waals surface area contributed by atoms with Gasteiger partial charge in [-0.1, -0.05) is 42.1 Å². The lowest BCUT2D eigenvalue weighted by atomic mass is 10.1. The van der Waals surface area contributed by atoms with E-state index in [1.54, 1.807) is 18.0 Å². The highest BCUT2D eigenvalue weighted by Crippen LogP contribution is 2.31. The van der Waals surface area contributed by atoms with Gasteiger partial charge in [-0.25, -0.2) is 4.98 Å². The van der Waals surface area contributed by atoms with E-state index in [-0.39, 0.29) is 11.4 Å². The van der Waals surface area contributed by atoms with Crippen LogP contribution in [0.2, 0.25) is 0 Å². The fourth-order valence-corrected chi connectivity index (χ4v) is 3.46. The highest BCUT2D eigenvalue weighted by Gasteiger charge is 2.16. The molecule has 26 heavy (non-hydrogen) atoms. The van der Waals surface area contributed by atoms with Crippen LogP contribution < -0.4 is 5.73 Å². The zero-order chi connectivity index (χ0) is 18.1. The molecule has 0 atom stereocenters. The third-order valence-corrected chi connectivity index (χ3v) is 4.93. The Labute approximate surface area is 153 Å². The maximum atomic E-state index is 11.3. The van der Waals surface area contributed by atoms with Gasteiger partial charge in [0.25, 0.3) is 5.91 Å². The predicted octanol–water partition coefficient (Wildman–Crippen LogP) is 3.35. The van der Waals surface area contributed by atoms with Gasteiger partial charge in [0.15, 0.2) is 5.65 Å². The largest absolute Gasteiger partial charge is 0.493 e. The molecule has 3 N–H and O–H groups in total. The zero-order valence-electron chi connectivity index (χ0n) is 13.5. The molecule has 0 saturated carbocycles. The average Bonchev–Trinajstić information content (AvgIpc) is 3.08. The van der Waals surface area contributed by atoms with E-state index >= 15 is 0 Å². The Hall–Kier alpha value is -3.32. The first kappa shape index (κ1) is 16.2. The summed E-state index contributed by atoms with van der Waals surface area (Å²) in [6.07, 6.45) is 2.87. The van der Waals surface area contributed by atoms with Crippen LogP contribution in [0, 0.1) is 0 Å². The number of primary amides is 1. The fraction of sp³-hybridized carbons (Fsp3) is 0. The SMILES string of the molecule is NC(=O)c1cnc2c(-c3ccc(Sc4ccccc4)cc3)cnn2c1O. The molecule has 0 aliphatic carbocycles. The van der Waals surface area contributed by atoms with Gasteiger partial charge in [0.1, 0.15) is 5.56 Å². The van der Waals surface area contributed by atoms with E-state index in [0.29, 0.717) is 5.65 Å². The molecule has 0 spiro atoms. The number of hydrogen-bond acceptors (Lipinski definition) is 5. The molecule has 4 aromatic rings. The van der Waals surface area contributed by atoms with E-state index in [9.17, 15) is 9.90 Å². The first-order chi connectivity index (χ1) is 12.6. The molecule has 0 radical (unpaired) electrons. The van der Waals surface area contributed by atoms with Gasteiger partial charge in [0.2, 0.25) is 5.88 Å². The molecule has 1 amide bonds. The Balaban J connectivity index is 1.67. The van der Waals surface area contributed by atoms with Crippen molar-refractivity contribution < 1.29 is 9.90 Å². The molecular formula is C19H14N4O2S. The maximum Gasteiger partial charge on any atom is 0.255 e. The summed E-state index contributed by atoms with van der Waals surface area (Å²) in [6, 6.07) is 18.1. The topological polar surface area (TPSA) is 93.5 Å². The molecule has 2 aromatic carbocycles. The molecule has 0 aliphatic rings. The van der Waals surface area contributed by atoms with Crippen LogP contribution in [0.25, 0.3) is 16.8 Å². The quantitative estimate of drug-likeness (QED) is 0.581. The maximum absolute atomic E-state index is 11.3. The van der Waals surface area contributed by atoms with Crippen molar-refractivity contribution in [2.24, 2.45) is 5.73 Å². The number of aromatic hydroxyl groups is 1. The molecule has 6 nitrogen and oxygen atoms in total. The predicted molar refractivity (Wildman–Crippen MR) is 99.2 cm³/mol. The van der Waals surface area contributed by atoms with Crippen LogP contribution in [0.4, 0.5) is 0 Å². The van der Waals surface area contributed by atoms with Crippen LogP contribution in [-0.2, 0) is 0 Å². The third-order valence-electron chi connectivity index (χ3n) is 3.91. The summed E-state index contributed by atoms with van der Waals surface area (Å²) in [5, 5.41) is 14.3. The summed E-state index contributed by atoms with van der Waals surface area (Å²) < 4.78 is 1.21. The van der Waals surface area contributed by atoms with Gasteiger partial charge in [0.05, 0.1) is 6.20 Å². The number of aromatic nitrogens is 3. The van der Waals surface area contributed by atoms with E-state index in [1.165, 1.54) is 15.6 Å². The number of benzene rings is 2. The lowest BCUT2D eigenvalue weighted by Gasteiger charge is -2.05. The Morgan fingerprint density at radius 3 is 2.38 bits per heavy atom. The van der Waals surface area contributed by atoms with Crippen LogP contribution in [0.15, 0.2) is 76.8 Å². The number of hydrogen-bond donors (Lipinski definition) is 2. The number of amides is 1. The summed E-state index contributed by atoms with van der Waals surface area (Å²) in [4.78, 5) is 17.8. The van der Waals surface area contributed by atoms with Crippen molar-refractivity contribution in [3.05, 3.63) is 72.6 Å². The third kappa shape index (κ3) is 2.89. The minimum absolute atomic E-state index is 0.0678. The summed E-state index contributed by atoms with van der Waals surface area (Å²) in [6.45, 7) is 0. The molecule has 7 heteroatoms. The van der Waals surface area contributed by atoms with Gasteiger partial charge in [-0.05, 0) is 29.8 Å². The van der Waals surface area contributed by atoms with Crippen molar-refractivity contribution in [3.8, 4) is 17.0 Å². The Morgan fingerprint density at radius 2 is 1.69 bits per heavy atom. The zero-order valence-corrected chi connectivity index (χ0v) is 14.4. The molecule has 0 unspecified atom stereocenters. The minimum Gasteiger partial charge on any atom is -0.493 e. The van der Waals surface area contributed by atoms with Crippen molar-refractivity contribution in [2.45, 2.75) is 9.79 Å². The second-order valence-electron chi connectivity index (χ2n) is 5.59. The highest BCUT2D eigenvalue weighted by molar-refractivity contribution is 7.99. The Kier molecular flexibility index (Phi) is 4.06. The van der Waals surface area contributed by atoms with E-state index in [0.717, 1.165) is 16.0 Å². The smallest absolute Gasteiger partial charge is 0.255 e. The lowest BCUT2D eigenvalue weighted by molar-refractivity contribution is 0.0996. The van der Waals surface area contributed by atoms with E-state index < -0.39 is 5.91 Å². The van der Waals surface area contributed by atoms with Gasteiger partial charge in [-0.3, -0.25) is 4.79 Å². The number of carbonyl (C=O) groups is 1. The van der Waals surface area contributed by atoms with Crippen LogP contribution in [-0.4, -0.2) is 25.6 Å². The molecule has 2 heterocycles. The Bertz CT molecular complexity index is 1090. The number of nitrogens with zero attached hydrogens (tertiary/aromatic N) is 3. The molecule has 0 bridgehead atoms. The fourth-order valence-electron chi connectivity index (χ4n) is 2.62. The molecule has 0 fully saturated rings. The van der Waals surface area contributed by atoms with Crippen LogP contribution in [0.1, 0.15) is 10.4 Å². The van der Waals surface area contributed by atoms with Gasteiger partial charge < -0.3 is 10.8 Å². The summed E-state index contributed by atoms with van der Waals surface area (Å²) in [5.74, 6) is -1.07. The average molecular weight is 362 g/mol. The van der Waals surface area contributed by atoms with E-state index in [1.807, 2.05) is 42.5 Å². The molecule has 128 valence electrons. The first-order valence-corrected chi connectivity index (χ1v) is 8.64. The van der Waals surface area contributed by atoms with Crippen LogP contribution in [0.5, 0.6) is 5.88 Å². The monoisotopic (exact) mass is 362 g/mol. The van der Waals surface area contributed by atoms with E-state index in [4.69, 9.17) is 5.73 Å². The number of nitrogens with two attached hydrogens (primary N) is 1. The van der Waals surface area contributed by atoms with Crippen molar-refractivity contribution >= 4 is 23.3 Å². The van der Waals surface area contributed by atoms with Crippen molar-refractivity contribution in [3.63, 3.8) is 0 Å². The van der Waals surface area contributed by atoms with Crippen molar-refractivity contribution in [1.29, 1.82) is 0 Å². The number of fused-ring (bicyclic) bond motifs is 1. The van der Waals surface area contributed by atoms with Crippen LogP contribution >= 0.6 is 11.8 Å². The van der Waals surface area contributed by atoms with Crippen molar-refractivity contribution in [1.82, 2.24) is 14.6 Å². The Morgan fingerprint density at radius 1 is 1.00 bits per heavy atom. The standard InChI is InChI=1S/C19H14N4O2S/c20-17(24)16-10-21-18-15(11-22-23(18)19(16)25)12-6-8-14(9-7-12)26-13-4-2-1-3-5-13/h1-11,25H,(H2,20,24). The second kappa shape index (κ2) is 6.53. The second-order valence-corrected chi connectivity index (χ2v) is 6.74. The van der Waals surface area contributed by atoms with Gasteiger partial charge in [-0.2, -0.15) is 9.61 Å². The summed E-state index contributed by atoms with van der Waals surface area (Å²) in [7, 11) is 0. The number of rotatable bonds is 4. The van der Waals surface area contributed by atoms with E-state index in [2.05, 4.69) is 22.2 Å². The minimum atomic E-state index is -0.753. The lowest BCUT2D eigenvalue weighted by Crippen LogP contribution is -2.13. The molecule has 2 aromatic heterocycles. The summed E-state index contributed by atoms with van der Waals surface area (Å²) >= 11 is 1.68. The molecule has 0 saturated heterocycles. The van der Waals surface area contributed by atoms with Crippen molar-refractivity contribution in [2.75, 3.05) is 0 Å². The summed E-state index contributed by atoms with van der Waals surface area (Å²) in [5.41, 5.74) is 7.28. The highest BCUT2D eigenvalue weighted by atomic mass is 32.2.